The standard InChI is InChI=1S/C19H23NO3/c1-12(2)11-20-14(4)17(19(22)23-5)16(18(20)21)10-15-8-6-7-13(3)9-15/h6-10,12H,11H2,1-5H3/b16-10-. The largest absolute Gasteiger partial charge is 0.465 e. The summed E-state index contributed by atoms with van der Waals surface area (Å²) in [5.74, 6) is -0.301. The zero-order valence-electron chi connectivity index (χ0n) is 14.3. The van der Waals surface area contributed by atoms with Gasteiger partial charge in [-0.3, -0.25) is 4.79 Å². The summed E-state index contributed by atoms with van der Waals surface area (Å²) in [6, 6.07) is 7.82. The van der Waals surface area contributed by atoms with Crippen LogP contribution >= 0.6 is 0 Å². The number of aryl methyl sites for hydroxylation is 1. The molecule has 0 spiro atoms. The van der Waals surface area contributed by atoms with Crippen LogP contribution in [0.15, 0.2) is 41.1 Å². The van der Waals surface area contributed by atoms with Gasteiger partial charge in [0.05, 0.1) is 18.3 Å². The molecule has 4 heteroatoms. The highest BCUT2D eigenvalue weighted by molar-refractivity contribution is 6.16. The van der Waals surface area contributed by atoms with E-state index < -0.39 is 5.97 Å². The maximum absolute atomic E-state index is 12.8. The fraction of sp³-hybridized carbons (Fsp3) is 0.368. The lowest BCUT2D eigenvalue weighted by molar-refractivity contribution is -0.136. The Kier molecular flexibility index (Phi) is 5.04. The molecule has 1 aliphatic heterocycles. The second-order valence-electron chi connectivity index (χ2n) is 6.23. The molecule has 0 saturated heterocycles. The summed E-state index contributed by atoms with van der Waals surface area (Å²) in [5.41, 5.74) is 3.42. The fourth-order valence-electron chi connectivity index (χ4n) is 2.74. The number of esters is 1. The SMILES string of the molecule is COC(=O)C1=C(C)N(CC(C)C)C(=O)/C1=C\c1cccc(C)c1. The quantitative estimate of drug-likeness (QED) is 0.633. The third-order valence-electron chi connectivity index (χ3n) is 3.80. The normalized spacial score (nSPS) is 16.7. The molecule has 0 fully saturated rings. The van der Waals surface area contributed by atoms with Crippen molar-refractivity contribution >= 4 is 18.0 Å². The van der Waals surface area contributed by atoms with Crippen molar-refractivity contribution in [2.24, 2.45) is 5.92 Å². The zero-order valence-corrected chi connectivity index (χ0v) is 14.3. The Balaban J connectivity index is 2.52. The first-order valence-electron chi connectivity index (χ1n) is 7.75. The molecule has 23 heavy (non-hydrogen) atoms. The molecule has 1 aromatic carbocycles. The molecule has 0 aromatic heterocycles. The van der Waals surface area contributed by atoms with Gasteiger partial charge in [0, 0.05) is 12.2 Å². The van der Waals surface area contributed by atoms with E-state index in [9.17, 15) is 9.59 Å². The van der Waals surface area contributed by atoms with Crippen molar-refractivity contribution in [1.29, 1.82) is 0 Å². The number of carbonyl (C=O) groups excluding carboxylic acids is 2. The average molecular weight is 313 g/mol. The molecule has 0 radical (unpaired) electrons. The monoisotopic (exact) mass is 313 g/mol. The van der Waals surface area contributed by atoms with Gasteiger partial charge in [0.15, 0.2) is 0 Å². The number of amides is 1. The molecule has 0 bridgehead atoms. The minimum atomic E-state index is -0.471. The van der Waals surface area contributed by atoms with Crippen molar-refractivity contribution < 1.29 is 14.3 Å². The lowest BCUT2D eigenvalue weighted by Gasteiger charge is -2.19. The summed E-state index contributed by atoms with van der Waals surface area (Å²) in [6.45, 7) is 8.45. The number of rotatable bonds is 4. The maximum Gasteiger partial charge on any atom is 0.340 e. The van der Waals surface area contributed by atoms with E-state index in [2.05, 4.69) is 0 Å². The van der Waals surface area contributed by atoms with Gasteiger partial charge in [-0.2, -0.15) is 0 Å². The van der Waals surface area contributed by atoms with E-state index in [4.69, 9.17) is 4.74 Å². The summed E-state index contributed by atoms with van der Waals surface area (Å²) in [7, 11) is 1.34. The van der Waals surface area contributed by atoms with Crippen LogP contribution in [0, 0.1) is 12.8 Å². The van der Waals surface area contributed by atoms with Gasteiger partial charge in [0.1, 0.15) is 0 Å². The Bertz CT molecular complexity index is 698. The highest BCUT2D eigenvalue weighted by atomic mass is 16.5. The van der Waals surface area contributed by atoms with Crippen LogP contribution in [-0.4, -0.2) is 30.4 Å². The Morgan fingerprint density at radius 1 is 1.30 bits per heavy atom. The predicted molar refractivity (Wildman–Crippen MR) is 90.4 cm³/mol. The van der Waals surface area contributed by atoms with Crippen molar-refractivity contribution in [3.63, 3.8) is 0 Å². The van der Waals surface area contributed by atoms with Gasteiger partial charge >= 0.3 is 5.97 Å². The number of allylic oxidation sites excluding steroid dienone is 1. The summed E-state index contributed by atoms with van der Waals surface area (Å²) >= 11 is 0. The van der Waals surface area contributed by atoms with Crippen LogP contribution in [0.5, 0.6) is 0 Å². The summed E-state index contributed by atoms with van der Waals surface area (Å²) in [5, 5.41) is 0. The number of methoxy groups -OCH3 is 1. The van der Waals surface area contributed by atoms with Gasteiger partial charge in [-0.25, -0.2) is 4.79 Å². The van der Waals surface area contributed by atoms with Crippen LogP contribution in [0.3, 0.4) is 0 Å². The third kappa shape index (κ3) is 3.52. The fourth-order valence-corrected chi connectivity index (χ4v) is 2.74. The second kappa shape index (κ2) is 6.82. The van der Waals surface area contributed by atoms with E-state index in [0.29, 0.717) is 29.3 Å². The van der Waals surface area contributed by atoms with Crippen molar-refractivity contribution in [3.8, 4) is 0 Å². The molecule has 122 valence electrons. The predicted octanol–water partition coefficient (Wildman–Crippen LogP) is 3.32. The molecule has 0 aliphatic carbocycles. The van der Waals surface area contributed by atoms with Gasteiger partial charge in [-0.1, -0.05) is 43.7 Å². The Hall–Kier alpha value is -2.36. The Morgan fingerprint density at radius 2 is 2.00 bits per heavy atom. The molecular weight excluding hydrogens is 290 g/mol. The van der Waals surface area contributed by atoms with Crippen molar-refractivity contribution in [2.75, 3.05) is 13.7 Å². The first kappa shape index (κ1) is 17.0. The van der Waals surface area contributed by atoms with Crippen LogP contribution < -0.4 is 0 Å². The molecular formula is C19H23NO3. The number of hydrogen-bond donors (Lipinski definition) is 0. The second-order valence-corrected chi connectivity index (χ2v) is 6.23. The van der Waals surface area contributed by atoms with Crippen LogP contribution in [-0.2, 0) is 14.3 Å². The Labute approximate surface area is 137 Å². The minimum absolute atomic E-state index is 0.141. The number of carbonyl (C=O) groups is 2. The first-order valence-corrected chi connectivity index (χ1v) is 7.75. The number of benzene rings is 1. The van der Waals surface area contributed by atoms with Crippen molar-refractivity contribution in [1.82, 2.24) is 4.90 Å². The van der Waals surface area contributed by atoms with E-state index >= 15 is 0 Å². The lowest BCUT2D eigenvalue weighted by Crippen LogP contribution is -2.28. The minimum Gasteiger partial charge on any atom is -0.465 e. The van der Waals surface area contributed by atoms with E-state index in [-0.39, 0.29) is 5.91 Å². The van der Waals surface area contributed by atoms with Crippen LogP contribution in [0.2, 0.25) is 0 Å². The Morgan fingerprint density at radius 3 is 2.57 bits per heavy atom. The summed E-state index contributed by atoms with van der Waals surface area (Å²) in [6.07, 6.45) is 1.77. The van der Waals surface area contributed by atoms with Crippen LogP contribution in [0.4, 0.5) is 0 Å². The molecule has 4 nitrogen and oxygen atoms in total. The molecule has 1 heterocycles. The summed E-state index contributed by atoms with van der Waals surface area (Å²) in [4.78, 5) is 26.6. The number of nitrogens with zero attached hydrogens (tertiary/aromatic N) is 1. The van der Waals surface area contributed by atoms with E-state index in [0.717, 1.165) is 11.1 Å². The highest BCUT2D eigenvalue weighted by Gasteiger charge is 2.37. The maximum atomic E-state index is 12.8. The number of hydrogen-bond acceptors (Lipinski definition) is 3. The van der Waals surface area contributed by atoms with E-state index in [1.807, 2.05) is 45.0 Å². The topological polar surface area (TPSA) is 46.6 Å². The van der Waals surface area contributed by atoms with Gasteiger partial charge in [0.25, 0.3) is 5.91 Å². The third-order valence-corrected chi connectivity index (χ3v) is 3.80. The van der Waals surface area contributed by atoms with E-state index in [1.165, 1.54) is 7.11 Å². The smallest absolute Gasteiger partial charge is 0.340 e. The van der Waals surface area contributed by atoms with Crippen molar-refractivity contribution in [2.45, 2.75) is 27.7 Å². The van der Waals surface area contributed by atoms with Gasteiger partial charge < -0.3 is 9.64 Å². The zero-order chi connectivity index (χ0) is 17.1. The van der Waals surface area contributed by atoms with Gasteiger partial charge in [-0.05, 0) is 31.4 Å². The lowest BCUT2D eigenvalue weighted by atomic mass is 10.0. The molecule has 0 N–H and O–H groups in total. The van der Waals surface area contributed by atoms with Crippen LogP contribution in [0.25, 0.3) is 6.08 Å². The average Bonchev–Trinajstić information content (AvgIpc) is 2.71. The molecule has 1 aromatic rings. The van der Waals surface area contributed by atoms with Crippen molar-refractivity contribution in [3.05, 3.63) is 52.2 Å². The molecule has 1 aliphatic rings. The molecule has 0 saturated carbocycles. The van der Waals surface area contributed by atoms with Crippen LogP contribution in [0.1, 0.15) is 31.9 Å². The molecule has 1 amide bonds. The van der Waals surface area contributed by atoms with E-state index in [1.54, 1.807) is 17.9 Å². The molecule has 2 rings (SSSR count). The first-order chi connectivity index (χ1) is 10.8. The van der Waals surface area contributed by atoms with Gasteiger partial charge in [0.2, 0.25) is 0 Å². The van der Waals surface area contributed by atoms with Gasteiger partial charge in [-0.15, -0.1) is 0 Å². The highest BCUT2D eigenvalue weighted by Crippen LogP contribution is 2.32. The summed E-state index contributed by atoms with van der Waals surface area (Å²) < 4.78 is 4.88. The molecule has 0 atom stereocenters. The molecule has 0 unspecified atom stereocenters. The number of ether oxygens (including phenoxy) is 1.